The average molecular weight is 309 g/mol. The summed E-state index contributed by atoms with van der Waals surface area (Å²) in [6.45, 7) is 3.94. The highest BCUT2D eigenvalue weighted by Gasteiger charge is 2.17. The van der Waals surface area contributed by atoms with Gasteiger partial charge in [-0.1, -0.05) is 0 Å². The van der Waals surface area contributed by atoms with Gasteiger partial charge in [-0.3, -0.25) is 0 Å². The molecule has 1 saturated heterocycles. The van der Waals surface area contributed by atoms with E-state index < -0.39 is 0 Å². The van der Waals surface area contributed by atoms with Crippen molar-refractivity contribution in [3.05, 3.63) is 17.7 Å². The molecule has 2 aliphatic heterocycles. The summed E-state index contributed by atoms with van der Waals surface area (Å²) in [6, 6.07) is 4.20. The summed E-state index contributed by atoms with van der Waals surface area (Å²) in [4.78, 5) is 1.25. The van der Waals surface area contributed by atoms with Gasteiger partial charge in [0, 0.05) is 24.6 Å². The Balaban J connectivity index is 1.61. The first kappa shape index (κ1) is 15.0. The number of hydrogen-bond acceptors (Lipinski definition) is 5. The molecule has 0 spiro atoms. The van der Waals surface area contributed by atoms with Gasteiger partial charge < -0.3 is 19.5 Å². The Morgan fingerprint density at radius 1 is 1.14 bits per heavy atom. The first-order chi connectivity index (χ1) is 10.4. The summed E-state index contributed by atoms with van der Waals surface area (Å²) in [5, 5.41) is 3.52. The standard InChI is InChI=1S/C16H23NO3S/c1-21-16-9-15-14(19-6-7-20-15)8-12(16)10-17-11-13-4-2-3-5-18-13/h8-9,13,17H,2-7,10-11H2,1H3. The predicted octanol–water partition coefficient (Wildman–Crippen LogP) is 2.84. The monoisotopic (exact) mass is 309 g/mol. The number of fused-ring (bicyclic) bond motifs is 1. The van der Waals surface area contributed by atoms with Crippen molar-refractivity contribution >= 4 is 11.8 Å². The number of benzene rings is 1. The highest BCUT2D eigenvalue weighted by Crippen LogP contribution is 2.36. The third kappa shape index (κ3) is 3.84. The molecular formula is C16H23NO3S. The van der Waals surface area contributed by atoms with Crippen molar-refractivity contribution in [1.29, 1.82) is 0 Å². The Hall–Kier alpha value is -0.910. The van der Waals surface area contributed by atoms with Gasteiger partial charge in [0.05, 0.1) is 6.10 Å². The predicted molar refractivity (Wildman–Crippen MR) is 84.5 cm³/mol. The zero-order valence-corrected chi connectivity index (χ0v) is 13.3. The lowest BCUT2D eigenvalue weighted by atomic mass is 10.1. The van der Waals surface area contributed by atoms with Crippen molar-refractivity contribution in [3.63, 3.8) is 0 Å². The van der Waals surface area contributed by atoms with Crippen molar-refractivity contribution in [1.82, 2.24) is 5.32 Å². The van der Waals surface area contributed by atoms with E-state index in [1.807, 2.05) is 0 Å². The maximum Gasteiger partial charge on any atom is 0.162 e. The van der Waals surface area contributed by atoms with Crippen LogP contribution in [0.2, 0.25) is 0 Å². The number of hydrogen-bond donors (Lipinski definition) is 1. The van der Waals surface area contributed by atoms with Gasteiger partial charge in [0.25, 0.3) is 0 Å². The second-order valence-corrected chi connectivity index (χ2v) is 6.28. The number of nitrogens with one attached hydrogen (secondary N) is 1. The Morgan fingerprint density at radius 3 is 2.67 bits per heavy atom. The van der Waals surface area contributed by atoms with E-state index in [2.05, 4.69) is 23.7 Å². The van der Waals surface area contributed by atoms with Gasteiger partial charge in [0.1, 0.15) is 13.2 Å². The molecule has 0 saturated carbocycles. The second-order valence-electron chi connectivity index (χ2n) is 5.43. The van der Waals surface area contributed by atoms with E-state index in [4.69, 9.17) is 14.2 Å². The molecule has 3 rings (SSSR count). The summed E-state index contributed by atoms with van der Waals surface area (Å²) in [5.74, 6) is 1.73. The summed E-state index contributed by atoms with van der Waals surface area (Å²) in [6.07, 6.45) is 6.12. The van der Waals surface area contributed by atoms with Gasteiger partial charge in [-0.2, -0.15) is 0 Å². The second kappa shape index (κ2) is 7.38. The van der Waals surface area contributed by atoms with Crippen LogP contribution in [-0.4, -0.2) is 38.7 Å². The normalized spacial score (nSPS) is 21.3. The van der Waals surface area contributed by atoms with Crippen LogP contribution >= 0.6 is 11.8 Å². The third-order valence-corrected chi connectivity index (χ3v) is 4.73. The fraction of sp³-hybridized carbons (Fsp3) is 0.625. The molecule has 0 amide bonds. The van der Waals surface area contributed by atoms with E-state index in [1.54, 1.807) is 11.8 Å². The quantitative estimate of drug-likeness (QED) is 0.847. The largest absolute Gasteiger partial charge is 0.486 e. The van der Waals surface area contributed by atoms with Gasteiger partial charge in [-0.15, -0.1) is 11.8 Å². The van der Waals surface area contributed by atoms with Crippen LogP contribution in [0.15, 0.2) is 17.0 Å². The summed E-state index contributed by atoms with van der Waals surface area (Å²) >= 11 is 1.75. The van der Waals surface area contributed by atoms with Crippen molar-refractivity contribution < 1.29 is 14.2 Å². The molecule has 1 aromatic rings. The van der Waals surface area contributed by atoms with Crippen LogP contribution in [0, 0.1) is 0 Å². The van der Waals surface area contributed by atoms with Crippen LogP contribution < -0.4 is 14.8 Å². The third-order valence-electron chi connectivity index (χ3n) is 3.91. The molecule has 2 aliphatic rings. The fourth-order valence-corrected chi connectivity index (χ4v) is 3.39. The summed E-state index contributed by atoms with van der Waals surface area (Å²) in [7, 11) is 0. The van der Waals surface area contributed by atoms with Gasteiger partial charge in [0.2, 0.25) is 0 Å². The number of rotatable bonds is 5. The zero-order chi connectivity index (χ0) is 14.5. The maximum absolute atomic E-state index is 5.75. The molecule has 1 unspecified atom stereocenters. The Kier molecular flexibility index (Phi) is 5.27. The molecule has 1 fully saturated rings. The molecule has 1 atom stereocenters. The first-order valence-corrected chi connectivity index (χ1v) is 8.88. The molecule has 2 heterocycles. The molecule has 4 nitrogen and oxygen atoms in total. The van der Waals surface area contributed by atoms with E-state index in [1.165, 1.54) is 29.7 Å². The lowest BCUT2D eigenvalue weighted by molar-refractivity contribution is 0.0167. The van der Waals surface area contributed by atoms with E-state index in [9.17, 15) is 0 Å². The lowest BCUT2D eigenvalue weighted by Gasteiger charge is -2.24. The van der Waals surface area contributed by atoms with Crippen LogP contribution in [0.5, 0.6) is 11.5 Å². The van der Waals surface area contributed by atoms with Gasteiger partial charge in [0.15, 0.2) is 11.5 Å². The fourth-order valence-electron chi connectivity index (χ4n) is 2.78. The van der Waals surface area contributed by atoms with Crippen molar-refractivity contribution in [3.8, 4) is 11.5 Å². The van der Waals surface area contributed by atoms with Crippen LogP contribution in [0.1, 0.15) is 24.8 Å². The minimum absolute atomic E-state index is 0.369. The van der Waals surface area contributed by atoms with Crippen LogP contribution in [0.4, 0.5) is 0 Å². The highest BCUT2D eigenvalue weighted by molar-refractivity contribution is 7.98. The molecule has 0 radical (unpaired) electrons. The highest BCUT2D eigenvalue weighted by atomic mass is 32.2. The van der Waals surface area contributed by atoms with E-state index in [-0.39, 0.29) is 0 Å². The molecular weight excluding hydrogens is 286 g/mol. The van der Waals surface area contributed by atoms with Crippen LogP contribution in [-0.2, 0) is 11.3 Å². The molecule has 21 heavy (non-hydrogen) atoms. The number of thioether (sulfide) groups is 1. The van der Waals surface area contributed by atoms with Gasteiger partial charge in [-0.25, -0.2) is 0 Å². The van der Waals surface area contributed by atoms with Crippen molar-refractivity contribution in [2.45, 2.75) is 36.8 Å². The summed E-state index contributed by atoms with van der Waals surface area (Å²) in [5.41, 5.74) is 1.27. The molecule has 0 bridgehead atoms. The molecule has 116 valence electrons. The van der Waals surface area contributed by atoms with Crippen molar-refractivity contribution in [2.75, 3.05) is 32.6 Å². The molecule has 0 aliphatic carbocycles. The minimum atomic E-state index is 0.369. The SMILES string of the molecule is CSc1cc2c(cc1CNCC1CCCCO1)OCCO2. The maximum atomic E-state index is 5.75. The lowest BCUT2D eigenvalue weighted by Crippen LogP contribution is -2.31. The Bertz CT molecular complexity index is 475. The smallest absolute Gasteiger partial charge is 0.162 e. The average Bonchev–Trinajstić information content (AvgIpc) is 2.55. The topological polar surface area (TPSA) is 39.7 Å². The molecule has 5 heteroatoms. The van der Waals surface area contributed by atoms with Gasteiger partial charge >= 0.3 is 0 Å². The molecule has 1 N–H and O–H groups in total. The molecule has 1 aromatic carbocycles. The van der Waals surface area contributed by atoms with E-state index >= 15 is 0 Å². The first-order valence-electron chi connectivity index (χ1n) is 7.65. The Morgan fingerprint density at radius 2 is 1.95 bits per heavy atom. The van der Waals surface area contributed by atoms with E-state index in [0.29, 0.717) is 19.3 Å². The number of ether oxygens (including phenoxy) is 3. The Labute approximate surface area is 130 Å². The van der Waals surface area contributed by atoms with Crippen LogP contribution in [0.25, 0.3) is 0 Å². The van der Waals surface area contributed by atoms with Gasteiger partial charge in [-0.05, 0) is 43.2 Å². The van der Waals surface area contributed by atoms with Crippen molar-refractivity contribution in [2.24, 2.45) is 0 Å². The zero-order valence-electron chi connectivity index (χ0n) is 12.5. The summed E-state index contributed by atoms with van der Waals surface area (Å²) < 4.78 is 17.1. The molecule has 0 aromatic heterocycles. The minimum Gasteiger partial charge on any atom is -0.486 e. The van der Waals surface area contributed by atoms with E-state index in [0.717, 1.165) is 31.2 Å². The van der Waals surface area contributed by atoms with Crippen LogP contribution in [0.3, 0.4) is 0 Å².